The molecule has 0 radical (unpaired) electrons. The molecule has 0 atom stereocenters. The molecule has 0 aliphatic heterocycles. The molecular formula is C9H13NO4S. The Morgan fingerprint density at radius 1 is 1.33 bits per heavy atom. The number of hydrogen-bond donors (Lipinski definition) is 2. The first-order valence-corrected chi connectivity index (χ1v) is 6.23. The van der Waals surface area contributed by atoms with E-state index in [1.54, 1.807) is 12.1 Å². The first-order valence-electron chi connectivity index (χ1n) is 4.34. The van der Waals surface area contributed by atoms with Gasteiger partial charge in [0.25, 0.3) is 0 Å². The molecule has 15 heavy (non-hydrogen) atoms. The minimum Gasteiger partial charge on any atom is -0.508 e. The van der Waals surface area contributed by atoms with Gasteiger partial charge < -0.3 is 9.84 Å². The Bertz CT molecular complexity index is 399. The molecule has 0 amide bonds. The summed E-state index contributed by atoms with van der Waals surface area (Å²) in [4.78, 5) is 0. The van der Waals surface area contributed by atoms with E-state index in [9.17, 15) is 8.42 Å². The summed E-state index contributed by atoms with van der Waals surface area (Å²) in [5, 5.41) is 8.99. The molecule has 0 spiro atoms. The van der Waals surface area contributed by atoms with Crippen molar-refractivity contribution < 1.29 is 18.3 Å². The Labute approximate surface area is 88.7 Å². The van der Waals surface area contributed by atoms with Crippen molar-refractivity contribution in [2.24, 2.45) is 0 Å². The van der Waals surface area contributed by atoms with E-state index in [0.717, 1.165) is 6.26 Å². The zero-order chi connectivity index (χ0) is 11.3. The van der Waals surface area contributed by atoms with E-state index in [1.807, 2.05) is 0 Å². The Morgan fingerprint density at radius 2 is 1.93 bits per heavy atom. The van der Waals surface area contributed by atoms with Gasteiger partial charge in [-0.1, -0.05) is 0 Å². The average Bonchev–Trinajstić information content (AvgIpc) is 2.14. The maximum atomic E-state index is 10.7. The van der Waals surface area contributed by atoms with Crippen LogP contribution in [0, 0.1) is 0 Å². The van der Waals surface area contributed by atoms with Gasteiger partial charge in [-0.05, 0) is 24.3 Å². The lowest BCUT2D eigenvalue weighted by Gasteiger charge is -2.06. The van der Waals surface area contributed by atoms with E-state index in [4.69, 9.17) is 9.84 Å². The number of rotatable bonds is 5. The van der Waals surface area contributed by atoms with Crippen LogP contribution in [-0.2, 0) is 10.0 Å². The molecule has 84 valence electrons. The van der Waals surface area contributed by atoms with Crippen molar-refractivity contribution in [1.82, 2.24) is 4.72 Å². The van der Waals surface area contributed by atoms with Crippen LogP contribution in [0.2, 0.25) is 0 Å². The molecule has 1 rings (SSSR count). The van der Waals surface area contributed by atoms with Crippen LogP contribution in [0.5, 0.6) is 11.5 Å². The van der Waals surface area contributed by atoms with Gasteiger partial charge in [-0.3, -0.25) is 0 Å². The summed E-state index contributed by atoms with van der Waals surface area (Å²) < 4.78 is 28.9. The molecule has 5 nitrogen and oxygen atoms in total. The van der Waals surface area contributed by atoms with Gasteiger partial charge in [0.1, 0.15) is 18.1 Å². The first-order chi connectivity index (χ1) is 6.97. The number of benzene rings is 1. The van der Waals surface area contributed by atoms with Crippen molar-refractivity contribution in [1.29, 1.82) is 0 Å². The second-order valence-corrected chi connectivity index (χ2v) is 4.84. The van der Waals surface area contributed by atoms with Crippen molar-refractivity contribution in [3.05, 3.63) is 24.3 Å². The second kappa shape index (κ2) is 4.99. The van der Waals surface area contributed by atoms with Crippen LogP contribution in [0.15, 0.2) is 24.3 Å². The summed E-state index contributed by atoms with van der Waals surface area (Å²) in [6, 6.07) is 6.21. The Balaban J connectivity index is 2.29. The molecule has 0 bridgehead atoms. The zero-order valence-corrected chi connectivity index (χ0v) is 9.12. The lowest BCUT2D eigenvalue weighted by molar-refractivity contribution is 0.322. The topological polar surface area (TPSA) is 75.6 Å². The number of aromatic hydroxyl groups is 1. The molecule has 2 N–H and O–H groups in total. The maximum absolute atomic E-state index is 10.7. The quantitative estimate of drug-likeness (QED) is 0.716. The normalized spacial score (nSPS) is 11.3. The highest BCUT2D eigenvalue weighted by atomic mass is 32.2. The van der Waals surface area contributed by atoms with Crippen LogP contribution < -0.4 is 9.46 Å². The van der Waals surface area contributed by atoms with Crippen LogP contribution in [0.4, 0.5) is 0 Å². The second-order valence-electron chi connectivity index (χ2n) is 3.01. The molecular weight excluding hydrogens is 218 g/mol. The molecule has 0 fully saturated rings. The van der Waals surface area contributed by atoms with Gasteiger partial charge >= 0.3 is 0 Å². The molecule has 1 aromatic carbocycles. The first kappa shape index (κ1) is 11.8. The molecule has 0 saturated heterocycles. The van der Waals surface area contributed by atoms with Crippen molar-refractivity contribution in [2.45, 2.75) is 0 Å². The van der Waals surface area contributed by atoms with Gasteiger partial charge in [0.15, 0.2) is 0 Å². The number of ether oxygens (including phenoxy) is 1. The van der Waals surface area contributed by atoms with Gasteiger partial charge in [0.2, 0.25) is 10.0 Å². The van der Waals surface area contributed by atoms with Crippen molar-refractivity contribution in [3.63, 3.8) is 0 Å². The molecule has 0 saturated carbocycles. The molecule has 0 aliphatic rings. The van der Waals surface area contributed by atoms with Gasteiger partial charge in [-0.15, -0.1) is 0 Å². The fraction of sp³-hybridized carbons (Fsp3) is 0.333. The van der Waals surface area contributed by atoms with E-state index in [1.165, 1.54) is 12.1 Å². The van der Waals surface area contributed by atoms with E-state index >= 15 is 0 Å². The van der Waals surface area contributed by atoms with Crippen LogP contribution in [0.1, 0.15) is 0 Å². The zero-order valence-electron chi connectivity index (χ0n) is 8.30. The van der Waals surface area contributed by atoms with Crippen LogP contribution in [0.25, 0.3) is 0 Å². The fourth-order valence-electron chi connectivity index (χ4n) is 0.938. The van der Waals surface area contributed by atoms with Crippen LogP contribution in [-0.4, -0.2) is 32.9 Å². The largest absolute Gasteiger partial charge is 0.508 e. The van der Waals surface area contributed by atoms with Crippen molar-refractivity contribution >= 4 is 10.0 Å². The van der Waals surface area contributed by atoms with E-state index in [2.05, 4.69) is 4.72 Å². The van der Waals surface area contributed by atoms with Gasteiger partial charge in [0.05, 0.1) is 6.26 Å². The summed E-state index contributed by atoms with van der Waals surface area (Å²) in [6.45, 7) is 0.470. The molecule has 0 heterocycles. The monoisotopic (exact) mass is 231 g/mol. The minimum atomic E-state index is -3.16. The smallest absolute Gasteiger partial charge is 0.208 e. The average molecular weight is 231 g/mol. The summed E-state index contributed by atoms with van der Waals surface area (Å²) in [5.41, 5.74) is 0. The molecule has 0 aromatic heterocycles. The number of phenols is 1. The number of sulfonamides is 1. The summed E-state index contributed by atoms with van der Waals surface area (Å²) in [7, 11) is -3.16. The lowest BCUT2D eigenvalue weighted by Crippen LogP contribution is -2.26. The highest BCUT2D eigenvalue weighted by Crippen LogP contribution is 2.15. The SMILES string of the molecule is CS(=O)(=O)NCCOc1ccc(O)cc1. The Morgan fingerprint density at radius 3 is 2.47 bits per heavy atom. The van der Waals surface area contributed by atoms with Crippen molar-refractivity contribution in [2.75, 3.05) is 19.4 Å². The lowest BCUT2D eigenvalue weighted by atomic mass is 10.3. The Kier molecular flexibility index (Phi) is 3.93. The van der Waals surface area contributed by atoms with E-state index in [-0.39, 0.29) is 18.9 Å². The fourth-order valence-corrected chi connectivity index (χ4v) is 1.39. The van der Waals surface area contributed by atoms with Crippen LogP contribution in [0.3, 0.4) is 0 Å². The predicted molar refractivity (Wildman–Crippen MR) is 56.4 cm³/mol. The van der Waals surface area contributed by atoms with Gasteiger partial charge in [0, 0.05) is 6.54 Å². The van der Waals surface area contributed by atoms with Gasteiger partial charge in [-0.25, -0.2) is 13.1 Å². The Hall–Kier alpha value is -1.27. The van der Waals surface area contributed by atoms with Crippen LogP contribution >= 0.6 is 0 Å². The highest BCUT2D eigenvalue weighted by Gasteiger charge is 1.99. The third-order valence-electron chi connectivity index (χ3n) is 1.57. The number of nitrogens with one attached hydrogen (secondary N) is 1. The minimum absolute atomic E-state index is 0.164. The third kappa shape index (κ3) is 5.24. The summed E-state index contributed by atoms with van der Waals surface area (Å²) in [6.07, 6.45) is 1.09. The highest BCUT2D eigenvalue weighted by molar-refractivity contribution is 7.88. The van der Waals surface area contributed by atoms with Gasteiger partial charge in [-0.2, -0.15) is 0 Å². The van der Waals surface area contributed by atoms with E-state index in [0.29, 0.717) is 5.75 Å². The third-order valence-corrected chi connectivity index (χ3v) is 2.30. The maximum Gasteiger partial charge on any atom is 0.208 e. The predicted octanol–water partition coefficient (Wildman–Crippen LogP) is 0.320. The number of hydrogen-bond acceptors (Lipinski definition) is 4. The standard InChI is InChI=1S/C9H13NO4S/c1-15(12,13)10-6-7-14-9-4-2-8(11)3-5-9/h2-5,10-11H,6-7H2,1H3. The number of phenolic OH excluding ortho intramolecular Hbond substituents is 1. The molecule has 1 aromatic rings. The molecule has 0 aliphatic carbocycles. The molecule has 6 heteroatoms. The summed E-state index contributed by atoms with van der Waals surface area (Å²) in [5.74, 6) is 0.750. The summed E-state index contributed by atoms with van der Waals surface area (Å²) >= 11 is 0. The van der Waals surface area contributed by atoms with E-state index < -0.39 is 10.0 Å². The van der Waals surface area contributed by atoms with Crippen molar-refractivity contribution in [3.8, 4) is 11.5 Å². The molecule has 0 unspecified atom stereocenters.